The Morgan fingerprint density at radius 2 is 1.74 bits per heavy atom. The van der Waals surface area contributed by atoms with Crippen molar-refractivity contribution in [2.75, 3.05) is 17.8 Å². The predicted octanol–water partition coefficient (Wildman–Crippen LogP) is 5.03. The second-order valence-corrected chi connectivity index (χ2v) is 11.5. The van der Waals surface area contributed by atoms with Crippen molar-refractivity contribution < 1.29 is 22.8 Å². The van der Waals surface area contributed by atoms with Gasteiger partial charge in [-0.15, -0.1) is 0 Å². The number of pyridine rings is 1. The average Bonchev–Trinajstić information content (AvgIpc) is 3.49. The highest BCUT2D eigenvalue weighted by Crippen LogP contribution is 2.22. The van der Waals surface area contributed by atoms with Gasteiger partial charge in [0.15, 0.2) is 6.61 Å². The number of aromatic nitrogens is 3. The van der Waals surface area contributed by atoms with E-state index in [4.69, 9.17) is 20.9 Å². The summed E-state index contributed by atoms with van der Waals surface area (Å²) in [5.41, 5.74) is 2.84. The second kappa shape index (κ2) is 13.6. The smallest absolute Gasteiger partial charge is 0.264 e. The molecular weight excluding hydrogens is 578 g/mol. The molecule has 1 atom stereocenters. The first kappa shape index (κ1) is 29.2. The summed E-state index contributed by atoms with van der Waals surface area (Å²) in [6.07, 6.45) is 3.40. The molecule has 12 heteroatoms. The molecule has 5 rings (SSSR count). The van der Waals surface area contributed by atoms with Crippen LogP contribution in [0, 0.1) is 0 Å². The van der Waals surface area contributed by atoms with Crippen LogP contribution < -0.4 is 14.8 Å². The van der Waals surface area contributed by atoms with Gasteiger partial charge in [0, 0.05) is 40.8 Å². The maximum Gasteiger partial charge on any atom is 0.264 e. The van der Waals surface area contributed by atoms with Crippen LogP contribution in [0.1, 0.15) is 23.1 Å². The van der Waals surface area contributed by atoms with Crippen LogP contribution in [-0.4, -0.2) is 41.7 Å². The van der Waals surface area contributed by atoms with Gasteiger partial charge < -0.3 is 19.7 Å². The zero-order valence-corrected chi connectivity index (χ0v) is 23.9. The third-order valence-electron chi connectivity index (χ3n) is 6.27. The number of nitrogens with one attached hydrogen (secondary N) is 2. The molecular formula is C30H28ClN5O5S. The van der Waals surface area contributed by atoms with Gasteiger partial charge >= 0.3 is 0 Å². The maximum absolute atomic E-state index is 12.9. The Kier molecular flexibility index (Phi) is 9.45. The molecule has 0 bridgehead atoms. The zero-order chi connectivity index (χ0) is 29.4. The first-order valence-electron chi connectivity index (χ1n) is 13.1. The molecule has 0 spiro atoms. The summed E-state index contributed by atoms with van der Waals surface area (Å²) in [5, 5.41) is 18.0. The van der Waals surface area contributed by atoms with E-state index in [2.05, 4.69) is 25.2 Å². The van der Waals surface area contributed by atoms with Crippen molar-refractivity contribution in [2.24, 2.45) is 0 Å². The first-order valence-corrected chi connectivity index (χ1v) is 14.9. The van der Waals surface area contributed by atoms with Gasteiger partial charge in [-0.2, -0.15) is 4.98 Å². The molecule has 5 aromatic rings. The van der Waals surface area contributed by atoms with Gasteiger partial charge in [0.05, 0.1) is 11.0 Å². The quantitative estimate of drug-likeness (QED) is 0.158. The molecule has 2 heterocycles. The van der Waals surface area contributed by atoms with Gasteiger partial charge in [-0.25, -0.2) is 8.42 Å². The minimum absolute atomic E-state index is 0.0790. The van der Waals surface area contributed by atoms with Crippen molar-refractivity contribution >= 4 is 27.3 Å². The van der Waals surface area contributed by atoms with E-state index in [9.17, 15) is 13.5 Å². The summed E-state index contributed by atoms with van der Waals surface area (Å²) in [6.45, 7) is 1.15. The highest BCUT2D eigenvalue weighted by molar-refractivity contribution is 7.92. The molecule has 2 aromatic heterocycles. The molecule has 3 N–H and O–H groups in total. The monoisotopic (exact) mass is 605 g/mol. The number of nitrogens with zero attached hydrogens (tertiary/aromatic N) is 3. The van der Waals surface area contributed by atoms with E-state index in [1.54, 1.807) is 67.0 Å². The maximum atomic E-state index is 12.9. The summed E-state index contributed by atoms with van der Waals surface area (Å²) in [5.74, 6) is 1.21. The van der Waals surface area contributed by atoms with Crippen LogP contribution in [-0.2, 0) is 23.1 Å². The molecule has 42 heavy (non-hydrogen) atoms. The van der Waals surface area contributed by atoms with Crippen molar-refractivity contribution in [1.82, 2.24) is 20.4 Å². The van der Waals surface area contributed by atoms with Crippen molar-refractivity contribution in [2.45, 2.75) is 24.0 Å². The molecule has 0 saturated carbocycles. The highest BCUT2D eigenvalue weighted by Gasteiger charge is 2.16. The van der Waals surface area contributed by atoms with E-state index >= 15 is 0 Å². The second-order valence-electron chi connectivity index (χ2n) is 9.34. The number of ether oxygens (including phenoxy) is 1. The number of halogens is 1. The fraction of sp³-hybridized carbons (Fsp3) is 0.167. The zero-order valence-electron chi connectivity index (χ0n) is 22.4. The molecule has 216 valence electrons. The lowest BCUT2D eigenvalue weighted by molar-refractivity contribution is 0.174. The van der Waals surface area contributed by atoms with Gasteiger partial charge in [0.1, 0.15) is 5.75 Å². The SMILES string of the molecule is O=S(=O)(Nc1ccc(CCNCC(O)c2cccnc2)cc1)c1ccc(-c2noc(COc3ccc(Cl)cc3)n2)cc1. The van der Waals surface area contributed by atoms with Gasteiger partial charge in [-0.3, -0.25) is 9.71 Å². The Bertz CT molecular complexity index is 1680. The number of aliphatic hydroxyl groups is 1. The molecule has 0 radical (unpaired) electrons. The van der Waals surface area contributed by atoms with Gasteiger partial charge in [0.2, 0.25) is 5.82 Å². The van der Waals surface area contributed by atoms with Crippen molar-refractivity contribution in [3.8, 4) is 17.1 Å². The largest absolute Gasteiger partial charge is 0.484 e. The number of aliphatic hydroxyl groups excluding tert-OH is 1. The Morgan fingerprint density at radius 3 is 2.45 bits per heavy atom. The van der Waals surface area contributed by atoms with Gasteiger partial charge in [-0.1, -0.05) is 35.0 Å². The molecule has 10 nitrogen and oxygen atoms in total. The van der Waals surface area contributed by atoms with Crippen LogP contribution >= 0.6 is 11.6 Å². The summed E-state index contributed by atoms with van der Waals surface area (Å²) in [4.78, 5) is 8.43. The lowest BCUT2D eigenvalue weighted by Crippen LogP contribution is -2.23. The Labute approximate surface area is 248 Å². The van der Waals surface area contributed by atoms with Gasteiger partial charge in [-0.05, 0) is 85.3 Å². The molecule has 0 aliphatic heterocycles. The minimum atomic E-state index is -3.81. The molecule has 0 amide bonds. The fourth-order valence-corrected chi connectivity index (χ4v) is 5.19. The third-order valence-corrected chi connectivity index (χ3v) is 7.92. The number of hydrogen-bond acceptors (Lipinski definition) is 9. The number of rotatable bonds is 13. The number of anilines is 1. The van der Waals surface area contributed by atoms with E-state index in [0.29, 0.717) is 40.9 Å². The summed E-state index contributed by atoms with van der Waals surface area (Å²) in [7, 11) is -3.81. The Hall–Kier alpha value is -4.29. The van der Waals surface area contributed by atoms with Crippen LogP contribution in [0.3, 0.4) is 0 Å². The van der Waals surface area contributed by atoms with E-state index in [1.165, 1.54) is 12.1 Å². The van der Waals surface area contributed by atoms with Crippen molar-refractivity contribution in [3.05, 3.63) is 119 Å². The fourth-order valence-electron chi connectivity index (χ4n) is 4.01. The molecule has 0 saturated heterocycles. The van der Waals surface area contributed by atoms with Crippen LogP contribution in [0.4, 0.5) is 5.69 Å². The van der Waals surface area contributed by atoms with E-state index < -0.39 is 16.1 Å². The van der Waals surface area contributed by atoms with Crippen LogP contribution in [0.2, 0.25) is 5.02 Å². The van der Waals surface area contributed by atoms with E-state index in [-0.39, 0.29) is 17.4 Å². The van der Waals surface area contributed by atoms with E-state index in [0.717, 1.165) is 17.5 Å². The summed E-state index contributed by atoms with van der Waals surface area (Å²) < 4.78 is 39.4. The minimum Gasteiger partial charge on any atom is -0.484 e. The molecule has 0 aliphatic rings. The average molecular weight is 606 g/mol. The van der Waals surface area contributed by atoms with Crippen molar-refractivity contribution in [3.63, 3.8) is 0 Å². The van der Waals surface area contributed by atoms with Crippen LogP contribution in [0.15, 0.2) is 107 Å². The lowest BCUT2D eigenvalue weighted by atomic mass is 10.1. The first-order chi connectivity index (χ1) is 20.4. The normalized spacial score (nSPS) is 12.1. The van der Waals surface area contributed by atoms with E-state index in [1.807, 2.05) is 18.2 Å². The van der Waals surface area contributed by atoms with Crippen LogP contribution in [0.5, 0.6) is 5.75 Å². The summed E-state index contributed by atoms with van der Waals surface area (Å²) >= 11 is 5.88. The lowest BCUT2D eigenvalue weighted by Gasteiger charge is -2.12. The standard InChI is InChI=1S/C30H28ClN5O5S/c31-24-7-11-26(12-8-24)40-20-29-34-30(35-41-29)22-5-13-27(14-6-22)42(38,39)36-25-9-3-21(4-10-25)15-17-33-19-28(37)23-2-1-16-32-18-23/h1-14,16,18,28,33,36-37H,15,17,19-20H2. The molecule has 3 aromatic carbocycles. The molecule has 0 aliphatic carbocycles. The predicted molar refractivity (Wildman–Crippen MR) is 159 cm³/mol. The number of sulfonamides is 1. The topological polar surface area (TPSA) is 139 Å². The molecule has 0 fully saturated rings. The third kappa shape index (κ3) is 7.92. The highest BCUT2D eigenvalue weighted by atomic mass is 35.5. The molecule has 1 unspecified atom stereocenters. The van der Waals surface area contributed by atoms with Crippen molar-refractivity contribution in [1.29, 1.82) is 0 Å². The Morgan fingerprint density at radius 1 is 0.976 bits per heavy atom. The Balaban J connectivity index is 1.11. The van der Waals surface area contributed by atoms with Gasteiger partial charge in [0.25, 0.3) is 15.9 Å². The van der Waals surface area contributed by atoms with Crippen LogP contribution in [0.25, 0.3) is 11.4 Å². The summed E-state index contributed by atoms with van der Waals surface area (Å²) in [6, 6.07) is 23.9. The number of benzene rings is 3. The number of hydrogen-bond donors (Lipinski definition) is 3.